The van der Waals surface area contributed by atoms with E-state index in [2.05, 4.69) is 0 Å². The van der Waals surface area contributed by atoms with Crippen molar-refractivity contribution in [1.82, 2.24) is 4.90 Å². The summed E-state index contributed by atoms with van der Waals surface area (Å²) in [6.45, 7) is 7.55. The summed E-state index contributed by atoms with van der Waals surface area (Å²) in [6.07, 6.45) is 4.34. The Kier molecular flexibility index (Phi) is 6.27. The van der Waals surface area contributed by atoms with Crippen LogP contribution in [0.15, 0.2) is 0 Å². The highest BCUT2D eigenvalue weighted by molar-refractivity contribution is 5.69. The predicted molar refractivity (Wildman–Crippen MR) is 79.5 cm³/mol. The molecule has 0 radical (unpaired) electrons. The fourth-order valence-corrected chi connectivity index (χ4v) is 2.70. The molecule has 0 aromatic heterocycles. The third-order valence-electron chi connectivity index (χ3n) is 3.81. The molecule has 2 atom stereocenters. The highest BCUT2D eigenvalue weighted by atomic mass is 16.6. The fraction of sp³-hybridized carbons (Fsp3) is 0.933. The number of nitrogens with zero attached hydrogens (tertiary/aromatic N) is 1. The smallest absolute Gasteiger partial charge is 0.410 e. The normalized spacial score (nSPS) is 20.3. The molecule has 1 amide bonds. The largest absolute Gasteiger partial charge is 0.444 e. The molecule has 5 heteroatoms. The molecule has 1 saturated carbocycles. The van der Waals surface area contributed by atoms with Gasteiger partial charge in [-0.3, -0.25) is 4.90 Å². The van der Waals surface area contributed by atoms with Crippen molar-refractivity contribution in [2.24, 2.45) is 5.73 Å². The van der Waals surface area contributed by atoms with E-state index in [1.54, 1.807) is 4.90 Å². The molecule has 1 aliphatic rings. The summed E-state index contributed by atoms with van der Waals surface area (Å²) >= 11 is 0. The van der Waals surface area contributed by atoms with Crippen LogP contribution in [0, 0.1) is 0 Å². The summed E-state index contributed by atoms with van der Waals surface area (Å²) in [6, 6.07) is -0.173. The van der Waals surface area contributed by atoms with Gasteiger partial charge >= 0.3 is 6.09 Å². The third-order valence-corrected chi connectivity index (χ3v) is 3.81. The highest BCUT2D eigenvalue weighted by Gasteiger charge is 2.35. The molecule has 0 aromatic rings. The number of carbonyl (C=O) groups excluding carboxylic acids is 1. The lowest BCUT2D eigenvalue weighted by atomic mass is 9.93. The molecule has 1 aliphatic carbocycles. The first-order valence-corrected chi connectivity index (χ1v) is 7.65. The minimum atomic E-state index is -0.718. The molecule has 0 unspecified atom stereocenters. The number of aliphatic hydroxyl groups excluding tert-OH is 1. The van der Waals surface area contributed by atoms with Gasteiger partial charge in [0.15, 0.2) is 0 Å². The predicted octanol–water partition coefficient (Wildman–Crippen LogP) is 2.26. The summed E-state index contributed by atoms with van der Waals surface area (Å²) in [4.78, 5) is 14.2. The van der Waals surface area contributed by atoms with Crippen LogP contribution in [0.5, 0.6) is 0 Å². The monoisotopic (exact) mass is 286 g/mol. The molecule has 0 bridgehead atoms. The maximum absolute atomic E-state index is 12.5. The molecule has 1 fully saturated rings. The van der Waals surface area contributed by atoms with Gasteiger partial charge in [0.2, 0.25) is 0 Å². The first-order valence-electron chi connectivity index (χ1n) is 7.65. The number of hydrogen-bond donors (Lipinski definition) is 2. The van der Waals surface area contributed by atoms with Crippen molar-refractivity contribution in [1.29, 1.82) is 0 Å². The first-order chi connectivity index (χ1) is 9.26. The van der Waals surface area contributed by atoms with E-state index in [0.717, 1.165) is 25.7 Å². The third kappa shape index (κ3) is 4.94. The zero-order chi connectivity index (χ0) is 15.3. The van der Waals surface area contributed by atoms with Crippen LogP contribution in [0.2, 0.25) is 0 Å². The standard InChI is InChI=1S/C15H30N2O3/c1-11(13(18)10-16)17(12-8-6-5-7-9-12)14(19)20-15(2,3)4/h11-13,18H,5-10,16H2,1-4H3/t11-,13-/m0/s1. The van der Waals surface area contributed by atoms with E-state index in [1.807, 2.05) is 27.7 Å². The van der Waals surface area contributed by atoms with Crippen LogP contribution in [-0.2, 0) is 4.74 Å². The summed E-state index contributed by atoms with van der Waals surface area (Å²) < 4.78 is 5.50. The van der Waals surface area contributed by atoms with Crippen LogP contribution in [0.1, 0.15) is 59.8 Å². The summed E-state index contributed by atoms with van der Waals surface area (Å²) in [5, 5.41) is 10.0. The van der Waals surface area contributed by atoms with Gasteiger partial charge in [-0.25, -0.2) is 4.79 Å². The van der Waals surface area contributed by atoms with Crippen molar-refractivity contribution >= 4 is 6.09 Å². The van der Waals surface area contributed by atoms with E-state index >= 15 is 0 Å². The molecular formula is C15H30N2O3. The second kappa shape index (κ2) is 7.27. The number of aliphatic hydroxyl groups is 1. The lowest BCUT2D eigenvalue weighted by Crippen LogP contribution is -2.54. The average Bonchev–Trinajstić information content (AvgIpc) is 2.37. The van der Waals surface area contributed by atoms with Gasteiger partial charge in [-0.15, -0.1) is 0 Å². The maximum atomic E-state index is 12.5. The van der Waals surface area contributed by atoms with Crippen LogP contribution in [-0.4, -0.2) is 46.4 Å². The Bertz CT molecular complexity index is 307. The van der Waals surface area contributed by atoms with E-state index < -0.39 is 11.7 Å². The Morgan fingerprint density at radius 3 is 2.35 bits per heavy atom. The van der Waals surface area contributed by atoms with Gasteiger partial charge < -0.3 is 15.6 Å². The highest BCUT2D eigenvalue weighted by Crippen LogP contribution is 2.26. The molecule has 118 valence electrons. The van der Waals surface area contributed by atoms with Crippen LogP contribution in [0.25, 0.3) is 0 Å². The molecule has 5 nitrogen and oxygen atoms in total. The van der Waals surface area contributed by atoms with Gasteiger partial charge in [-0.05, 0) is 40.5 Å². The van der Waals surface area contributed by atoms with Crippen molar-refractivity contribution in [3.63, 3.8) is 0 Å². The molecule has 0 aliphatic heterocycles. The zero-order valence-corrected chi connectivity index (χ0v) is 13.3. The van der Waals surface area contributed by atoms with Crippen molar-refractivity contribution < 1.29 is 14.6 Å². The van der Waals surface area contributed by atoms with Crippen molar-refractivity contribution in [3.05, 3.63) is 0 Å². The minimum absolute atomic E-state index is 0.146. The molecule has 0 saturated heterocycles. The second-order valence-electron chi connectivity index (χ2n) is 6.72. The van der Waals surface area contributed by atoms with E-state index in [4.69, 9.17) is 10.5 Å². The minimum Gasteiger partial charge on any atom is -0.444 e. The summed E-state index contributed by atoms with van der Waals surface area (Å²) in [5.74, 6) is 0. The maximum Gasteiger partial charge on any atom is 0.410 e. The number of amides is 1. The Labute approximate surface area is 122 Å². The van der Waals surface area contributed by atoms with Crippen molar-refractivity contribution in [2.75, 3.05) is 6.54 Å². The van der Waals surface area contributed by atoms with E-state index in [0.29, 0.717) is 0 Å². The molecule has 0 spiro atoms. The lowest BCUT2D eigenvalue weighted by molar-refractivity contribution is -0.0191. The van der Waals surface area contributed by atoms with Gasteiger partial charge in [0, 0.05) is 12.6 Å². The van der Waals surface area contributed by atoms with Gasteiger partial charge in [-0.2, -0.15) is 0 Å². The molecular weight excluding hydrogens is 256 g/mol. The van der Waals surface area contributed by atoms with Gasteiger partial charge in [0.25, 0.3) is 0 Å². The van der Waals surface area contributed by atoms with E-state index in [9.17, 15) is 9.90 Å². The molecule has 20 heavy (non-hydrogen) atoms. The van der Waals surface area contributed by atoms with Crippen LogP contribution < -0.4 is 5.73 Å². The van der Waals surface area contributed by atoms with Crippen LogP contribution in [0.4, 0.5) is 4.79 Å². The van der Waals surface area contributed by atoms with E-state index in [1.165, 1.54) is 6.42 Å². The topological polar surface area (TPSA) is 75.8 Å². The number of rotatable bonds is 4. The fourth-order valence-electron chi connectivity index (χ4n) is 2.70. The molecule has 0 heterocycles. The lowest BCUT2D eigenvalue weighted by Gasteiger charge is -2.40. The second-order valence-corrected chi connectivity index (χ2v) is 6.72. The SMILES string of the molecule is C[C@@H]([C@@H](O)CN)N(C(=O)OC(C)(C)C)C1CCCCC1. The Balaban J connectivity index is 2.85. The van der Waals surface area contributed by atoms with Crippen molar-refractivity contribution in [3.8, 4) is 0 Å². The van der Waals surface area contributed by atoms with Crippen LogP contribution in [0.3, 0.4) is 0 Å². The number of hydrogen-bond acceptors (Lipinski definition) is 4. The van der Waals surface area contributed by atoms with Gasteiger partial charge in [0.05, 0.1) is 12.1 Å². The summed E-state index contributed by atoms with van der Waals surface area (Å²) in [7, 11) is 0. The zero-order valence-electron chi connectivity index (χ0n) is 13.3. The van der Waals surface area contributed by atoms with Gasteiger partial charge in [-0.1, -0.05) is 19.3 Å². The number of ether oxygens (including phenoxy) is 1. The Morgan fingerprint density at radius 1 is 1.35 bits per heavy atom. The number of nitrogens with two attached hydrogens (primary N) is 1. The molecule has 0 aromatic carbocycles. The van der Waals surface area contributed by atoms with Crippen molar-refractivity contribution in [2.45, 2.75) is 83.6 Å². The average molecular weight is 286 g/mol. The first kappa shape index (κ1) is 17.2. The van der Waals surface area contributed by atoms with E-state index in [-0.39, 0.29) is 24.7 Å². The molecule has 1 rings (SSSR count). The Hall–Kier alpha value is -0.810. The Morgan fingerprint density at radius 2 is 1.90 bits per heavy atom. The number of carbonyl (C=O) groups is 1. The molecule has 3 N–H and O–H groups in total. The van der Waals surface area contributed by atoms with Crippen LogP contribution >= 0.6 is 0 Å². The summed E-state index contributed by atoms with van der Waals surface area (Å²) in [5.41, 5.74) is 5.01. The van der Waals surface area contributed by atoms with Gasteiger partial charge in [0.1, 0.15) is 5.60 Å². The quantitative estimate of drug-likeness (QED) is 0.831.